The first-order valence-corrected chi connectivity index (χ1v) is 11.5. The summed E-state index contributed by atoms with van der Waals surface area (Å²) in [7, 11) is 0. The molecule has 2 aromatic rings. The number of rotatable bonds is 3. The van der Waals surface area contributed by atoms with Crippen LogP contribution in [-0.4, -0.2) is 48.4 Å². The van der Waals surface area contributed by atoms with Crippen LogP contribution < -0.4 is 10.0 Å². The van der Waals surface area contributed by atoms with Crippen molar-refractivity contribution in [3.63, 3.8) is 0 Å². The lowest BCUT2D eigenvalue weighted by atomic mass is 9.64. The maximum atomic E-state index is 12.4. The van der Waals surface area contributed by atoms with Crippen LogP contribution in [0, 0.1) is 0 Å². The second-order valence-corrected chi connectivity index (χ2v) is 8.99. The standard InChI is InChI=1S/C31H32N2O2.CO2/c1-31(2)27-19-21(32-15-5-6-16-32)11-13-25(27)29(23-9-3-4-10-24(23)30(34)35)26-14-12-22(20-28(26)31)33-17-7-8-18-33;2-1-3/h3-4,9-14,19-20H,5-8,15-18H2,1-2H3;/i5D2,6D2,7D2,8D2,15D2,16D2,17D2,18D2;. The van der Waals surface area contributed by atoms with Crippen LogP contribution in [0.4, 0.5) is 5.69 Å². The van der Waals surface area contributed by atoms with Crippen molar-refractivity contribution < 1.29 is 46.0 Å². The van der Waals surface area contributed by atoms with E-state index in [1.54, 1.807) is 19.9 Å². The number of nitrogens with zero attached hydrogens (tertiary/aromatic N) is 2. The number of carboxylic acids is 1. The van der Waals surface area contributed by atoms with Gasteiger partial charge in [-0.05, 0) is 64.4 Å². The van der Waals surface area contributed by atoms with Crippen LogP contribution in [-0.2, 0) is 15.0 Å². The highest BCUT2D eigenvalue weighted by Crippen LogP contribution is 2.51. The number of aromatic carboxylic acids is 1. The largest absolute Gasteiger partial charge is 0.545 e. The van der Waals surface area contributed by atoms with Crippen LogP contribution in [0.15, 0.2) is 71.8 Å². The molecular weight excluding hydrogens is 476 g/mol. The van der Waals surface area contributed by atoms with Crippen molar-refractivity contribution >= 4 is 29.1 Å². The fourth-order valence-electron chi connectivity index (χ4n) is 4.92. The van der Waals surface area contributed by atoms with E-state index in [-0.39, 0.29) is 34.3 Å². The monoisotopic (exact) mass is 524 g/mol. The minimum atomic E-state index is -3.33. The summed E-state index contributed by atoms with van der Waals surface area (Å²) < 4.78 is 135. The Hall–Kier alpha value is -4.02. The van der Waals surface area contributed by atoms with E-state index in [1.807, 2.05) is 0 Å². The summed E-state index contributed by atoms with van der Waals surface area (Å²) in [5.41, 5.74) is -0.165. The van der Waals surface area contributed by atoms with Crippen LogP contribution in [0.1, 0.15) is 88.3 Å². The van der Waals surface area contributed by atoms with E-state index < -0.39 is 62.9 Å². The van der Waals surface area contributed by atoms with Crippen LogP contribution >= 0.6 is 0 Å². The number of anilines is 1. The molecule has 6 rings (SSSR count). The lowest BCUT2D eigenvalue weighted by Crippen LogP contribution is -2.32. The topological polar surface area (TPSA) is 80.5 Å². The van der Waals surface area contributed by atoms with Crippen LogP contribution in [0.3, 0.4) is 0 Å². The van der Waals surface area contributed by atoms with E-state index in [9.17, 15) is 9.90 Å². The molecule has 0 unspecified atom stereocenters. The first kappa shape index (κ1) is 12.7. The molecule has 2 saturated heterocycles. The first-order valence-electron chi connectivity index (χ1n) is 19.5. The molecule has 0 aromatic heterocycles. The number of carbonyl (C=O) groups is 1. The van der Waals surface area contributed by atoms with Crippen molar-refractivity contribution in [2.24, 2.45) is 0 Å². The van der Waals surface area contributed by atoms with E-state index in [4.69, 9.17) is 31.5 Å². The molecule has 2 aliphatic heterocycles. The fourth-order valence-corrected chi connectivity index (χ4v) is 4.92. The van der Waals surface area contributed by atoms with Gasteiger partial charge >= 0.3 is 6.15 Å². The number of hydrogen-bond acceptors (Lipinski definition) is 5. The van der Waals surface area contributed by atoms with Crippen molar-refractivity contribution in [1.29, 1.82) is 0 Å². The smallest absolute Gasteiger partial charge is 0.373 e. The van der Waals surface area contributed by atoms with E-state index in [1.165, 1.54) is 54.6 Å². The van der Waals surface area contributed by atoms with Gasteiger partial charge in [0, 0.05) is 71.0 Å². The summed E-state index contributed by atoms with van der Waals surface area (Å²) in [6.07, 6.45) is -8.99. The molecule has 38 heavy (non-hydrogen) atoms. The first-order chi connectivity index (χ1) is 24.4. The quantitative estimate of drug-likeness (QED) is 0.569. The zero-order valence-corrected chi connectivity index (χ0v) is 20.3. The van der Waals surface area contributed by atoms with Crippen LogP contribution in [0.2, 0.25) is 0 Å². The number of allylic oxidation sites excluding steroid dienone is 5. The Morgan fingerprint density at radius 1 is 1.00 bits per heavy atom. The molecule has 6 heteroatoms. The molecule has 0 N–H and O–H groups in total. The molecule has 0 amide bonds. The van der Waals surface area contributed by atoms with Gasteiger partial charge in [0.15, 0.2) is 5.71 Å². The molecule has 0 saturated carbocycles. The van der Waals surface area contributed by atoms with E-state index in [0.29, 0.717) is 31.7 Å². The summed E-state index contributed by atoms with van der Waals surface area (Å²) in [5, 5.41) is 12.4. The van der Waals surface area contributed by atoms with Gasteiger partial charge in [-0.1, -0.05) is 44.2 Å². The SMILES string of the molecule is O=C=O.[2H]C1([2H])N(c2ccc3c(c2)C(C)(C)C2=CC(=[N+]4C([2H])([2H])C([2H])([2H])C([2H])([2H])C4([2H])[2H])C=CC2=C3c2ccccc2C(=O)[O-])C([2H])([2H])C([2H])([2H])C1([2H])[2H]. The van der Waals surface area contributed by atoms with E-state index in [0.717, 1.165) is 0 Å². The van der Waals surface area contributed by atoms with Crippen molar-refractivity contribution in [2.75, 3.05) is 30.9 Å². The molecule has 194 valence electrons. The normalized spacial score (nSPS) is 36.2. The summed E-state index contributed by atoms with van der Waals surface area (Å²) >= 11 is 0. The lowest BCUT2D eigenvalue weighted by molar-refractivity contribution is -0.504. The maximum Gasteiger partial charge on any atom is 0.373 e. The van der Waals surface area contributed by atoms with Gasteiger partial charge < -0.3 is 14.8 Å². The highest BCUT2D eigenvalue weighted by atomic mass is 16.4. The summed E-state index contributed by atoms with van der Waals surface area (Å²) in [5.74, 6) is -1.52. The predicted octanol–water partition coefficient (Wildman–Crippen LogP) is 3.90. The van der Waals surface area contributed by atoms with Gasteiger partial charge in [-0.3, -0.25) is 0 Å². The fraction of sp³-hybridized carbons (Fsp3) is 0.344. The van der Waals surface area contributed by atoms with Gasteiger partial charge in [0.25, 0.3) is 0 Å². The Bertz CT molecular complexity index is 2090. The minimum Gasteiger partial charge on any atom is -0.545 e. The molecular formula is C32H32N2O4. The Morgan fingerprint density at radius 3 is 2.37 bits per heavy atom. The minimum absolute atomic E-state index is 0.162. The highest BCUT2D eigenvalue weighted by molar-refractivity contribution is 6.08. The Labute approximate surface area is 245 Å². The Morgan fingerprint density at radius 2 is 1.68 bits per heavy atom. The lowest BCUT2D eigenvalue weighted by Gasteiger charge is -2.40. The predicted molar refractivity (Wildman–Crippen MR) is 144 cm³/mol. The van der Waals surface area contributed by atoms with Gasteiger partial charge in [0.2, 0.25) is 0 Å². The third-order valence-corrected chi connectivity index (χ3v) is 6.62. The Kier molecular flexibility index (Phi) is 3.47. The zero-order chi connectivity index (χ0) is 41.2. The average Bonchev–Trinajstić information content (AvgIpc) is 3.17. The van der Waals surface area contributed by atoms with Gasteiger partial charge in [0.05, 0.1) is 5.97 Å². The highest BCUT2D eigenvalue weighted by Gasteiger charge is 2.39. The zero-order valence-electron chi connectivity index (χ0n) is 36.3. The van der Waals surface area contributed by atoms with Crippen molar-refractivity contribution in [2.45, 2.75) is 44.8 Å². The molecule has 2 aliphatic carbocycles. The molecule has 0 atom stereocenters. The number of fused-ring (bicyclic) bond motifs is 2. The molecule has 0 spiro atoms. The Balaban J connectivity index is 0.00000181. The third-order valence-electron chi connectivity index (χ3n) is 6.62. The molecule has 4 aliphatic rings. The van der Waals surface area contributed by atoms with Gasteiger partial charge in [-0.15, -0.1) is 0 Å². The maximum absolute atomic E-state index is 12.4. The molecule has 6 nitrogen and oxygen atoms in total. The van der Waals surface area contributed by atoms with Crippen molar-refractivity contribution in [1.82, 2.24) is 0 Å². The van der Waals surface area contributed by atoms with Gasteiger partial charge in [-0.2, -0.15) is 9.59 Å². The molecule has 0 bridgehead atoms. The molecule has 0 radical (unpaired) electrons. The number of carboxylic acid groups (broad SMARTS) is 1. The van der Waals surface area contributed by atoms with Gasteiger partial charge in [0.1, 0.15) is 18.5 Å². The average molecular weight is 525 g/mol. The van der Waals surface area contributed by atoms with E-state index >= 15 is 0 Å². The van der Waals surface area contributed by atoms with Crippen molar-refractivity contribution in [3.05, 3.63) is 94.1 Å². The van der Waals surface area contributed by atoms with Crippen LogP contribution in [0.25, 0.3) is 5.57 Å². The number of benzene rings is 2. The summed E-state index contributed by atoms with van der Waals surface area (Å²) in [6, 6.07) is 9.96. The second-order valence-electron chi connectivity index (χ2n) is 8.99. The summed E-state index contributed by atoms with van der Waals surface area (Å²) in [6.45, 7) is -9.49. The molecule has 2 aromatic carbocycles. The van der Waals surface area contributed by atoms with Gasteiger partial charge in [-0.25, -0.2) is 4.58 Å². The number of carbonyl (C=O) groups excluding carboxylic acids is 3. The molecule has 2 heterocycles. The summed E-state index contributed by atoms with van der Waals surface area (Å²) in [4.78, 5) is 29.0. The van der Waals surface area contributed by atoms with E-state index in [2.05, 4.69) is 0 Å². The molecule has 2 fully saturated rings. The number of hydrogen-bond donors (Lipinski definition) is 0. The van der Waals surface area contributed by atoms with Crippen LogP contribution in [0.5, 0.6) is 0 Å². The van der Waals surface area contributed by atoms with Crippen molar-refractivity contribution in [3.8, 4) is 0 Å². The third kappa shape index (κ3) is 4.46. The second kappa shape index (κ2) is 10.4.